The molecule has 0 radical (unpaired) electrons. The van der Waals surface area contributed by atoms with E-state index in [0.29, 0.717) is 0 Å². The van der Waals surface area contributed by atoms with Crippen molar-refractivity contribution in [3.05, 3.63) is 20.8 Å². The van der Waals surface area contributed by atoms with E-state index < -0.39 is 0 Å². The van der Waals surface area contributed by atoms with Gasteiger partial charge in [-0.3, -0.25) is 0 Å². The van der Waals surface area contributed by atoms with Gasteiger partial charge in [0, 0.05) is 11.4 Å². The Morgan fingerprint density at radius 1 is 1.24 bits per heavy atom. The van der Waals surface area contributed by atoms with Gasteiger partial charge in [-0.05, 0) is 78.7 Å². The Morgan fingerprint density at radius 2 is 1.94 bits per heavy atom. The Kier molecular flexibility index (Phi) is 5.48. The first-order valence-electron chi connectivity index (χ1n) is 6.43. The topological polar surface area (TPSA) is 38.0 Å². The molecule has 0 bridgehead atoms. The first kappa shape index (κ1) is 13.5. The van der Waals surface area contributed by atoms with Crippen LogP contribution in [0.2, 0.25) is 0 Å². The summed E-state index contributed by atoms with van der Waals surface area (Å²) >= 11 is 5.31. The molecule has 2 rings (SSSR count). The van der Waals surface area contributed by atoms with Crippen LogP contribution >= 0.6 is 27.3 Å². The maximum absolute atomic E-state index is 5.71. The molecule has 1 aliphatic carbocycles. The van der Waals surface area contributed by atoms with Gasteiger partial charge in [0.15, 0.2) is 0 Å². The van der Waals surface area contributed by atoms with Gasteiger partial charge in [0.2, 0.25) is 0 Å². The minimum absolute atomic E-state index is 0.791. The maximum Gasteiger partial charge on any atom is 0.0701 e. The zero-order chi connectivity index (χ0) is 12.1. The maximum atomic E-state index is 5.71. The summed E-state index contributed by atoms with van der Waals surface area (Å²) < 4.78 is 1.22. The number of nitrogens with one attached hydrogen (secondary N) is 1. The summed E-state index contributed by atoms with van der Waals surface area (Å²) in [6, 6.07) is 4.31. The third-order valence-corrected chi connectivity index (χ3v) is 5.28. The van der Waals surface area contributed by atoms with Crippen molar-refractivity contribution >= 4 is 27.3 Å². The number of halogens is 1. The fourth-order valence-corrected chi connectivity index (χ4v) is 3.97. The fraction of sp³-hybridized carbons (Fsp3) is 0.692. The average Bonchev–Trinajstić information content (AvgIpc) is 2.76. The minimum Gasteiger partial charge on any atom is -0.330 e. The molecule has 0 spiro atoms. The molecule has 1 aliphatic rings. The van der Waals surface area contributed by atoms with Crippen LogP contribution in [0.5, 0.6) is 0 Å². The van der Waals surface area contributed by atoms with Crippen LogP contribution in [0.1, 0.15) is 30.6 Å². The van der Waals surface area contributed by atoms with Crippen molar-refractivity contribution in [1.82, 2.24) is 5.32 Å². The highest BCUT2D eigenvalue weighted by Gasteiger charge is 2.19. The van der Waals surface area contributed by atoms with E-state index in [1.807, 2.05) is 11.3 Å². The molecule has 0 unspecified atom stereocenters. The van der Waals surface area contributed by atoms with Crippen LogP contribution in [0.4, 0.5) is 0 Å². The molecule has 3 N–H and O–H groups in total. The summed E-state index contributed by atoms with van der Waals surface area (Å²) in [6.07, 6.45) is 5.35. The number of nitrogens with two attached hydrogens (primary N) is 1. The minimum atomic E-state index is 0.791. The van der Waals surface area contributed by atoms with Gasteiger partial charge in [-0.1, -0.05) is 0 Å². The molecule has 1 aromatic heterocycles. The smallest absolute Gasteiger partial charge is 0.0701 e. The van der Waals surface area contributed by atoms with Crippen LogP contribution in [0, 0.1) is 11.8 Å². The van der Waals surface area contributed by atoms with Gasteiger partial charge in [-0.2, -0.15) is 0 Å². The third-order valence-electron chi connectivity index (χ3n) is 3.66. The summed E-state index contributed by atoms with van der Waals surface area (Å²) in [6.45, 7) is 3.04. The van der Waals surface area contributed by atoms with E-state index in [4.69, 9.17) is 5.73 Å². The molecule has 4 heteroatoms. The third kappa shape index (κ3) is 4.36. The molecule has 0 amide bonds. The van der Waals surface area contributed by atoms with Gasteiger partial charge in [-0.15, -0.1) is 11.3 Å². The predicted molar refractivity (Wildman–Crippen MR) is 78.2 cm³/mol. The highest BCUT2D eigenvalue weighted by atomic mass is 79.9. The molecule has 1 fully saturated rings. The molecule has 0 aromatic carbocycles. The highest BCUT2D eigenvalue weighted by Crippen LogP contribution is 2.27. The second-order valence-corrected chi connectivity index (χ2v) is 7.51. The lowest BCUT2D eigenvalue weighted by molar-refractivity contribution is 0.272. The second kappa shape index (κ2) is 6.88. The van der Waals surface area contributed by atoms with Crippen molar-refractivity contribution in [2.75, 3.05) is 13.1 Å². The van der Waals surface area contributed by atoms with Crippen molar-refractivity contribution in [2.45, 2.75) is 32.2 Å². The SMILES string of the molecule is NCC1CCC(CNCc2ccc(Br)s2)CC1. The van der Waals surface area contributed by atoms with Crippen molar-refractivity contribution in [3.63, 3.8) is 0 Å². The first-order valence-corrected chi connectivity index (χ1v) is 8.04. The van der Waals surface area contributed by atoms with Crippen LogP contribution in [0.15, 0.2) is 15.9 Å². The Hall–Kier alpha value is 0.1000. The van der Waals surface area contributed by atoms with E-state index in [0.717, 1.165) is 31.5 Å². The number of hydrogen-bond donors (Lipinski definition) is 2. The molecule has 1 saturated carbocycles. The van der Waals surface area contributed by atoms with Crippen LogP contribution in [-0.4, -0.2) is 13.1 Å². The molecule has 17 heavy (non-hydrogen) atoms. The number of rotatable bonds is 5. The molecular weight excluding hydrogens is 296 g/mol. The summed E-state index contributed by atoms with van der Waals surface area (Å²) in [5, 5.41) is 3.58. The van der Waals surface area contributed by atoms with E-state index >= 15 is 0 Å². The summed E-state index contributed by atoms with van der Waals surface area (Å²) in [5.74, 6) is 1.65. The summed E-state index contributed by atoms with van der Waals surface area (Å²) in [5.41, 5.74) is 5.71. The van der Waals surface area contributed by atoms with E-state index in [1.54, 1.807) is 0 Å². The van der Waals surface area contributed by atoms with E-state index in [-0.39, 0.29) is 0 Å². The van der Waals surface area contributed by atoms with Crippen molar-refractivity contribution in [1.29, 1.82) is 0 Å². The normalized spacial score (nSPS) is 25.1. The predicted octanol–water partition coefficient (Wildman–Crippen LogP) is 3.37. The van der Waals surface area contributed by atoms with Crippen LogP contribution in [-0.2, 0) is 6.54 Å². The Labute approximate surface area is 116 Å². The lowest BCUT2D eigenvalue weighted by atomic mass is 9.82. The van der Waals surface area contributed by atoms with E-state index in [1.165, 1.54) is 34.3 Å². The van der Waals surface area contributed by atoms with Crippen molar-refractivity contribution in [3.8, 4) is 0 Å². The lowest BCUT2D eigenvalue weighted by Gasteiger charge is -2.27. The monoisotopic (exact) mass is 316 g/mol. The van der Waals surface area contributed by atoms with Crippen LogP contribution in [0.3, 0.4) is 0 Å². The standard InChI is InChI=1S/C13H21BrN2S/c14-13-6-5-12(17-13)9-16-8-11-3-1-10(7-15)2-4-11/h5-6,10-11,16H,1-4,7-9,15H2. The Bertz CT molecular complexity index is 332. The molecule has 0 saturated heterocycles. The average molecular weight is 317 g/mol. The van der Waals surface area contributed by atoms with E-state index in [2.05, 4.69) is 33.4 Å². The fourth-order valence-electron chi connectivity index (χ4n) is 2.52. The zero-order valence-electron chi connectivity index (χ0n) is 10.1. The van der Waals surface area contributed by atoms with Crippen LogP contribution in [0.25, 0.3) is 0 Å². The van der Waals surface area contributed by atoms with Gasteiger partial charge in [-0.25, -0.2) is 0 Å². The quantitative estimate of drug-likeness (QED) is 0.874. The number of hydrogen-bond acceptors (Lipinski definition) is 3. The molecule has 1 heterocycles. The van der Waals surface area contributed by atoms with E-state index in [9.17, 15) is 0 Å². The Balaban J connectivity index is 1.63. The van der Waals surface area contributed by atoms with Gasteiger partial charge < -0.3 is 11.1 Å². The molecule has 2 nitrogen and oxygen atoms in total. The molecule has 96 valence electrons. The molecular formula is C13H21BrN2S. The van der Waals surface area contributed by atoms with Crippen molar-refractivity contribution < 1.29 is 0 Å². The van der Waals surface area contributed by atoms with Crippen LogP contribution < -0.4 is 11.1 Å². The van der Waals surface area contributed by atoms with Crippen molar-refractivity contribution in [2.24, 2.45) is 17.6 Å². The van der Waals surface area contributed by atoms with Gasteiger partial charge in [0.05, 0.1) is 3.79 Å². The molecule has 0 atom stereocenters. The largest absolute Gasteiger partial charge is 0.330 e. The number of thiophene rings is 1. The Morgan fingerprint density at radius 3 is 2.53 bits per heavy atom. The molecule has 1 aromatic rings. The first-order chi connectivity index (χ1) is 8.28. The zero-order valence-corrected chi connectivity index (χ0v) is 12.5. The second-order valence-electron chi connectivity index (χ2n) is 4.96. The van der Waals surface area contributed by atoms with Gasteiger partial charge in [0.1, 0.15) is 0 Å². The highest BCUT2D eigenvalue weighted by molar-refractivity contribution is 9.11. The summed E-state index contributed by atoms with van der Waals surface area (Å²) in [4.78, 5) is 1.41. The molecule has 0 aliphatic heterocycles. The summed E-state index contributed by atoms with van der Waals surface area (Å²) in [7, 11) is 0. The lowest BCUT2D eigenvalue weighted by Crippen LogP contribution is -2.28. The van der Waals surface area contributed by atoms with Gasteiger partial charge >= 0.3 is 0 Å². The van der Waals surface area contributed by atoms with Gasteiger partial charge in [0.25, 0.3) is 0 Å².